The molecule has 0 fully saturated rings. The van der Waals surface area contributed by atoms with Crippen molar-refractivity contribution >= 4 is 39.1 Å². The molecule has 0 aliphatic heterocycles. The van der Waals surface area contributed by atoms with E-state index in [9.17, 15) is 4.79 Å². The van der Waals surface area contributed by atoms with Crippen LogP contribution in [0.5, 0.6) is 5.75 Å². The van der Waals surface area contributed by atoms with Crippen LogP contribution in [0.25, 0.3) is 0 Å². The highest BCUT2D eigenvalue weighted by molar-refractivity contribution is 9.10. The lowest BCUT2D eigenvalue weighted by atomic mass is 10.2. The second kappa shape index (κ2) is 7.48. The first-order chi connectivity index (χ1) is 10.1. The Balaban J connectivity index is 2.04. The molecule has 0 unspecified atom stereocenters. The van der Waals surface area contributed by atoms with E-state index in [1.54, 1.807) is 18.2 Å². The third-order valence-electron chi connectivity index (χ3n) is 2.87. The molecule has 0 aromatic heterocycles. The number of carbonyl (C=O) groups is 1. The third-order valence-corrected chi connectivity index (χ3v) is 4.10. The van der Waals surface area contributed by atoms with Gasteiger partial charge in [0, 0.05) is 10.2 Å². The summed E-state index contributed by atoms with van der Waals surface area (Å²) in [4.78, 5) is 12.3. The Hall–Kier alpha value is -1.52. The maximum Gasteiger partial charge on any atom is 0.265 e. The molecule has 0 aliphatic rings. The predicted molar refractivity (Wildman–Crippen MR) is 88.9 cm³/mol. The molecule has 3 nitrogen and oxygen atoms in total. The predicted octanol–water partition coefficient (Wildman–Crippen LogP) is 4.90. The van der Waals surface area contributed by atoms with E-state index < -0.39 is 6.10 Å². The summed E-state index contributed by atoms with van der Waals surface area (Å²) >= 11 is 9.32. The lowest BCUT2D eigenvalue weighted by molar-refractivity contribution is -0.122. The monoisotopic (exact) mass is 367 g/mol. The van der Waals surface area contributed by atoms with E-state index in [1.165, 1.54) is 0 Å². The van der Waals surface area contributed by atoms with E-state index in [4.69, 9.17) is 16.3 Å². The van der Waals surface area contributed by atoms with Gasteiger partial charge in [-0.15, -0.1) is 0 Å². The minimum absolute atomic E-state index is 0.195. The summed E-state index contributed by atoms with van der Waals surface area (Å²) in [6.45, 7) is 1.90. The first kappa shape index (κ1) is 15.9. The molecule has 0 aliphatic carbocycles. The molecule has 21 heavy (non-hydrogen) atoms. The summed E-state index contributed by atoms with van der Waals surface area (Å²) in [6, 6.07) is 14.6. The number of anilines is 1. The van der Waals surface area contributed by atoms with Crippen molar-refractivity contribution in [3.8, 4) is 5.75 Å². The summed E-state index contributed by atoms with van der Waals surface area (Å²) in [7, 11) is 0. The summed E-state index contributed by atoms with van der Waals surface area (Å²) in [6.07, 6.45) is 0.0279. The fourth-order valence-corrected chi connectivity index (χ4v) is 2.21. The number of para-hydroxylation sites is 1. The fraction of sp³-hybridized carbons (Fsp3) is 0.188. The molecule has 0 saturated heterocycles. The molecule has 2 aromatic rings. The van der Waals surface area contributed by atoms with Crippen molar-refractivity contribution in [2.45, 2.75) is 19.4 Å². The standard InChI is InChI=1S/C16H15BrClNO2/c1-2-15(21-12-6-4-3-5-7-12)16(20)19-11-8-9-13(17)14(18)10-11/h3-10,15H,2H2,1H3,(H,19,20)/t15-/m0/s1. The Kier molecular flexibility index (Phi) is 5.65. The number of hydrogen-bond acceptors (Lipinski definition) is 2. The molecule has 0 bridgehead atoms. The summed E-state index contributed by atoms with van der Waals surface area (Å²) in [5.41, 5.74) is 0.642. The molecule has 1 amide bonds. The number of ether oxygens (including phenoxy) is 1. The molecule has 110 valence electrons. The molecule has 1 atom stereocenters. The lowest BCUT2D eigenvalue weighted by Crippen LogP contribution is -2.32. The fourth-order valence-electron chi connectivity index (χ4n) is 1.78. The van der Waals surface area contributed by atoms with Crippen LogP contribution in [0.15, 0.2) is 53.0 Å². The zero-order chi connectivity index (χ0) is 15.2. The van der Waals surface area contributed by atoms with Gasteiger partial charge in [-0.1, -0.05) is 36.7 Å². The van der Waals surface area contributed by atoms with Gasteiger partial charge in [-0.2, -0.15) is 0 Å². The van der Waals surface area contributed by atoms with Crippen molar-refractivity contribution in [1.29, 1.82) is 0 Å². The molecule has 1 N–H and O–H groups in total. The molecule has 5 heteroatoms. The van der Waals surface area contributed by atoms with Crippen molar-refractivity contribution in [2.24, 2.45) is 0 Å². The van der Waals surface area contributed by atoms with Gasteiger partial charge < -0.3 is 10.1 Å². The van der Waals surface area contributed by atoms with E-state index in [0.29, 0.717) is 22.9 Å². The zero-order valence-electron chi connectivity index (χ0n) is 11.5. The van der Waals surface area contributed by atoms with Crippen LogP contribution in [-0.4, -0.2) is 12.0 Å². The van der Waals surface area contributed by atoms with E-state index >= 15 is 0 Å². The Morgan fingerprint density at radius 3 is 2.62 bits per heavy atom. The first-order valence-electron chi connectivity index (χ1n) is 6.57. The van der Waals surface area contributed by atoms with Gasteiger partial charge in [-0.3, -0.25) is 4.79 Å². The Morgan fingerprint density at radius 2 is 2.00 bits per heavy atom. The quantitative estimate of drug-likeness (QED) is 0.815. The smallest absolute Gasteiger partial charge is 0.265 e. The van der Waals surface area contributed by atoms with Gasteiger partial charge in [0.2, 0.25) is 0 Å². The SMILES string of the molecule is CC[C@H](Oc1ccccc1)C(=O)Nc1ccc(Br)c(Cl)c1. The molecule has 0 radical (unpaired) electrons. The minimum Gasteiger partial charge on any atom is -0.481 e. The topological polar surface area (TPSA) is 38.3 Å². The summed E-state index contributed by atoms with van der Waals surface area (Å²) in [5, 5.41) is 3.36. The van der Waals surface area contributed by atoms with Crippen LogP contribution in [0, 0.1) is 0 Å². The van der Waals surface area contributed by atoms with E-state index in [-0.39, 0.29) is 5.91 Å². The summed E-state index contributed by atoms with van der Waals surface area (Å²) in [5.74, 6) is 0.480. The van der Waals surface area contributed by atoms with E-state index in [0.717, 1.165) is 4.47 Å². The maximum atomic E-state index is 12.3. The van der Waals surface area contributed by atoms with E-state index in [2.05, 4.69) is 21.2 Å². The second-order valence-electron chi connectivity index (χ2n) is 4.45. The Bertz CT molecular complexity index is 619. The van der Waals surface area contributed by atoms with Crippen molar-refractivity contribution < 1.29 is 9.53 Å². The number of hydrogen-bond donors (Lipinski definition) is 1. The van der Waals surface area contributed by atoms with Gasteiger partial charge in [0.1, 0.15) is 5.75 Å². The van der Waals surface area contributed by atoms with Crippen LogP contribution in [-0.2, 0) is 4.79 Å². The molecule has 0 spiro atoms. The van der Waals surface area contributed by atoms with Crippen LogP contribution < -0.4 is 10.1 Å². The number of carbonyl (C=O) groups excluding carboxylic acids is 1. The van der Waals surface area contributed by atoms with Crippen LogP contribution in [0.2, 0.25) is 5.02 Å². The number of amides is 1. The van der Waals surface area contributed by atoms with Crippen LogP contribution >= 0.6 is 27.5 Å². The van der Waals surface area contributed by atoms with Gasteiger partial charge >= 0.3 is 0 Å². The van der Waals surface area contributed by atoms with Gasteiger partial charge in [0.05, 0.1) is 5.02 Å². The van der Waals surface area contributed by atoms with Crippen LogP contribution in [0.1, 0.15) is 13.3 Å². The van der Waals surface area contributed by atoms with E-state index in [1.807, 2.05) is 37.3 Å². The average Bonchev–Trinajstić information content (AvgIpc) is 2.49. The minimum atomic E-state index is -0.546. The Labute approximate surface area is 137 Å². The molecular weight excluding hydrogens is 354 g/mol. The highest BCUT2D eigenvalue weighted by Crippen LogP contribution is 2.25. The first-order valence-corrected chi connectivity index (χ1v) is 7.75. The second-order valence-corrected chi connectivity index (χ2v) is 5.71. The highest BCUT2D eigenvalue weighted by Gasteiger charge is 2.18. The highest BCUT2D eigenvalue weighted by atomic mass is 79.9. The number of benzene rings is 2. The van der Waals surface area contributed by atoms with Crippen molar-refractivity contribution in [1.82, 2.24) is 0 Å². The molecule has 0 heterocycles. The molecule has 2 aromatic carbocycles. The Morgan fingerprint density at radius 1 is 1.29 bits per heavy atom. The number of rotatable bonds is 5. The third kappa shape index (κ3) is 4.48. The molecular formula is C16H15BrClNO2. The van der Waals surface area contributed by atoms with Crippen LogP contribution in [0.4, 0.5) is 5.69 Å². The van der Waals surface area contributed by atoms with Gasteiger partial charge in [0.15, 0.2) is 6.10 Å². The molecule has 2 rings (SSSR count). The van der Waals surface area contributed by atoms with Crippen LogP contribution in [0.3, 0.4) is 0 Å². The zero-order valence-corrected chi connectivity index (χ0v) is 13.8. The van der Waals surface area contributed by atoms with Gasteiger partial charge in [0.25, 0.3) is 5.91 Å². The maximum absolute atomic E-state index is 12.3. The van der Waals surface area contributed by atoms with Crippen molar-refractivity contribution in [3.63, 3.8) is 0 Å². The lowest BCUT2D eigenvalue weighted by Gasteiger charge is -2.17. The van der Waals surface area contributed by atoms with Gasteiger partial charge in [-0.05, 0) is 52.7 Å². The molecule has 0 saturated carbocycles. The average molecular weight is 369 g/mol. The largest absolute Gasteiger partial charge is 0.481 e. The normalized spacial score (nSPS) is 11.8. The van der Waals surface area contributed by atoms with Gasteiger partial charge in [-0.25, -0.2) is 0 Å². The number of nitrogens with one attached hydrogen (secondary N) is 1. The summed E-state index contributed by atoms with van der Waals surface area (Å²) < 4.78 is 6.48. The van der Waals surface area contributed by atoms with Crippen molar-refractivity contribution in [3.05, 3.63) is 58.0 Å². The van der Waals surface area contributed by atoms with Crippen molar-refractivity contribution in [2.75, 3.05) is 5.32 Å². The number of halogens is 2.